The SMILES string of the molecule is C=C1C2=Cc3ccccc3CC2CN1C. The Morgan fingerprint density at radius 3 is 3.00 bits per heavy atom. The second-order valence-corrected chi connectivity index (χ2v) is 4.53. The molecule has 1 heteroatoms. The molecule has 0 aromatic heterocycles. The number of nitrogens with zero attached hydrogens (tertiary/aromatic N) is 1. The Morgan fingerprint density at radius 2 is 2.13 bits per heavy atom. The largest absolute Gasteiger partial charge is 0.374 e. The summed E-state index contributed by atoms with van der Waals surface area (Å²) < 4.78 is 0. The summed E-state index contributed by atoms with van der Waals surface area (Å²) in [7, 11) is 2.13. The van der Waals surface area contributed by atoms with E-state index in [1.807, 2.05) is 0 Å². The summed E-state index contributed by atoms with van der Waals surface area (Å²) in [6, 6.07) is 8.68. The van der Waals surface area contributed by atoms with Crippen molar-refractivity contribution in [2.75, 3.05) is 13.6 Å². The maximum atomic E-state index is 4.15. The Balaban J connectivity index is 2.10. The van der Waals surface area contributed by atoms with Gasteiger partial charge in [0.15, 0.2) is 0 Å². The Kier molecular flexibility index (Phi) is 1.75. The van der Waals surface area contributed by atoms with Crippen molar-refractivity contribution in [3.63, 3.8) is 0 Å². The van der Waals surface area contributed by atoms with Crippen molar-refractivity contribution >= 4 is 6.08 Å². The van der Waals surface area contributed by atoms with E-state index in [0.29, 0.717) is 5.92 Å². The van der Waals surface area contributed by atoms with E-state index in [0.717, 1.165) is 6.54 Å². The van der Waals surface area contributed by atoms with Crippen LogP contribution in [0.5, 0.6) is 0 Å². The summed E-state index contributed by atoms with van der Waals surface area (Å²) in [6.45, 7) is 5.27. The molecule has 15 heavy (non-hydrogen) atoms. The highest BCUT2D eigenvalue weighted by atomic mass is 15.1. The van der Waals surface area contributed by atoms with Crippen LogP contribution < -0.4 is 0 Å². The number of hydrogen-bond donors (Lipinski definition) is 0. The van der Waals surface area contributed by atoms with E-state index in [9.17, 15) is 0 Å². The lowest BCUT2D eigenvalue weighted by atomic mass is 9.85. The molecule has 0 amide bonds. The molecule has 1 heterocycles. The molecule has 1 fully saturated rings. The molecular formula is C14H15N. The fourth-order valence-corrected chi connectivity index (χ4v) is 2.66. The minimum absolute atomic E-state index is 0.664. The van der Waals surface area contributed by atoms with Gasteiger partial charge in [0.25, 0.3) is 0 Å². The molecule has 1 aliphatic carbocycles. The molecule has 1 aliphatic heterocycles. The van der Waals surface area contributed by atoms with Crippen molar-refractivity contribution in [3.8, 4) is 0 Å². The van der Waals surface area contributed by atoms with E-state index in [1.165, 1.54) is 28.8 Å². The molecule has 0 saturated carbocycles. The Bertz CT molecular complexity index is 456. The normalized spacial score (nSPS) is 23.5. The Labute approximate surface area is 90.7 Å². The van der Waals surface area contributed by atoms with E-state index < -0.39 is 0 Å². The van der Waals surface area contributed by atoms with E-state index in [-0.39, 0.29) is 0 Å². The Morgan fingerprint density at radius 1 is 1.33 bits per heavy atom. The highest BCUT2D eigenvalue weighted by Gasteiger charge is 2.31. The van der Waals surface area contributed by atoms with Crippen molar-refractivity contribution < 1.29 is 0 Å². The molecule has 1 aromatic carbocycles. The van der Waals surface area contributed by atoms with Gasteiger partial charge in [-0.1, -0.05) is 30.8 Å². The zero-order valence-corrected chi connectivity index (χ0v) is 9.03. The van der Waals surface area contributed by atoms with Crippen LogP contribution in [0.1, 0.15) is 11.1 Å². The van der Waals surface area contributed by atoms with Crippen molar-refractivity contribution in [1.82, 2.24) is 4.90 Å². The second kappa shape index (κ2) is 2.99. The second-order valence-electron chi connectivity index (χ2n) is 4.53. The Hall–Kier alpha value is -1.50. The predicted octanol–water partition coefficient (Wildman–Crippen LogP) is 2.70. The van der Waals surface area contributed by atoms with Gasteiger partial charge < -0.3 is 4.90 Å². The number of fused-ring (bicyclic) bond motifs is 2. The van der Waals surface area contributed by atoms with Gasteiger partial charge in [0.05, 0.1) is 0 Å². The van der Waals surface area contributed by atoms with Crippen LogP contribution in [0, 0.1) is 5.92 Å². The van der Waals surface area contributed by atoms with E-state index in [2.05, 4.69) is 48.9 Å². The molecule has 1 nitrogen and oxygen atoms in total. The molecule has 1 unspecified atom stereocenters. The van der Waals surface area contributed by atoms with Gasteiger partial charge in [-0.15, -0.1) is 0 Å². The molecule has 0 N–H and O–H groups in total. The number of likely N-dealkylation sites (N-methyl/N-ethyl adjacent to an activating group) is 1. The highest BCUT2D eigenvalue weighted by Crippen LogP contribution is 2.38. The number of likely N-dealkylation sites (tertiary alicyclic amines) is 1. The fourth-order valence-electron chi connectivity index (χ4n) is 2.66. The smallest absolute Gasteiger partial charge is 0.0327 e. The van der Waals surface area contributed by atoms with Gasteiger partial charge in [-0.2, -0.15) is 0 Å². The van der Waals surface area contributed by atoms with E-state index in [4.69, 9.17) is 0 Å². The van der Waals surface area contributed by atoms with Crippen LogP contribution in [0.3, 0.4) is 0 Å². The zero-order chi connectivity index (χ0) is 10.4. The minimum atomic E-state index is 0.664. The predicted molar refractivity (Wildman–Crippen MR) is 63.4 cm³/mol. The van der Waals surface area contributed by atoms with Gasteiger partial charge in [-0.3, -0.25) is 0 Å². The van der Waals surface area contributed by atoms with Crippen molar-refractivity contribution in [2.24, 2.45) is 5.92 Å². The van der Waals surface area contributed by atoms with Gasteiger partial charge in [0, 0.05) is 25.2 Å². The quantitative estimate of drug-likeness (QED) is 0.618. The molecule has 1 atom stereocenters. The minimum Gasteiger partial charge on any atom is -0.374 e. The third-order valence-electron chi connectivity index (χ3n) is 3.56. The lowest BCUT2D eigenvalue weighted by Crippen LogP contribution is -2.15. The molecular weight excluding hydrogens is 182 g/mol. The average molecular weight is 197 g/mol. The molecule has 3 rings (SSSR count). The molecule has 76 valence electrons. The van der Waals surface area contributed by atoms with Crippen LogP contribution >= 0.6 is 0 Å². The summed E-state index contributed by atoms with van der Waals surface area (Å²) in [4.78, 5) is 2.27. The topological polar surface area (TPSA) is 3.24 Å². The molecule has 1 aromatic rings. The van der Waals surface area contributed by atoms with Gasteiger partial charge in [0.1, 0.15) is 0 Å². The van der Waals surface area contributed by atoms with E-state index >= 15 is 0 Å². The van der Waals surface area contributed by atoms with Crippen molar-refractivity contribution in [1.29, 1.82) is 0 Å². The van der Waals surface area contributed by atoms with Crippen LogP contribution in [0.25, 0.3) is 6.08 Å². The lowest BCUT2D eigenvalue weighted by Gasteiger charge is -2.18. The molecule has 0 spiro atoms. The summed E-state index contributed by atoms with van der Waals surface area (Å²) in [5.41, 5.74) is 5.50. The van der Waals surface area contributed by atoms with Crippen LogP contribution in [0.2, 0.25) is 0 Å². The van der Waals surface area contributed by atoms with Gasteiger partial charge >= 0.3 is 0 Å². The third kappa shape index (κ3) is 1.23. The molecule has 0 radical (unpaired) electrons. The van der Waals surface area contributed by atoms with Crippen LogP contribution in [-0.2, 0) is 6.42 Å². The standard InChI is InChI=1S/C14H15N/c1-10-14-8-12-6-4-3-5-11(12)7-13(14)9-15(10)2/h3-6,8,13H,1,7,9H2,2H3. The number of rotatable bonds is 0. The fraction of sp³-hybridized carbons (Fsp3) is 0.286. The third-order valence-corrected chi connectivity index (χ3v) is 3.56. The first-order chi connectivity index (χ1) is 7.25. The number of benzene rings is 1. The summed E-state index contributed by atoms with van der Waals surface area (Å²) >= 11 is 0. The van der Waals surface area contributed by atoms with Gasteiger partial charge in [-0.05, 0) is 29.2 Å². The first-order valence-corrected chi connectivity index (χ1v) is 5.45. The monoisotopic (exact) mass is 197 g/mol. The van der Waals surface area contributed by atoms with Gasteiger partial charge in [0.2, 0.25) is 0 Å². The first kappa shape index (κ1) is 8.78. The summed E-state index contributed by atoms with van der Waals surface area (Å²) in [5, 5.41) is 0. The molecule has 1 saturated heterocycles. The van der Waals surface area contributed by atoms with E-state index in [1.54, 1.807) is 0 Å². The zero-order valence-electron chi connectivity index (χ0n) is 9.03. The first-order valence-electron chi connectivity index (χ1n) is 5.45. The molecule has 0 bridgehead atoms. The maximum absolute atomic E-state index is 4.15. The van der Waals surface area contributed by atoms with Gasteiger partial charge in [-0.25, -0.2) is 0 Å². The van der Waals surface area contributed by atoms with Crippen LogP contribution in [0.15, 0.2) is 42.1 Å². The maximum Gasteiger partial charge on any atom is 0.0327 e. The van der Waals surface area contributed by atoms with Crippen LogP contribution in [0.4, 0.5) is 0 Å². The average Bonchev–Trinajstić information content (AvgIpc) is 2.52. The lowest BCUT2D eigenvalue weighted by molar-refractivity contribution is 0.435. The summed E-state index contributed by atoms with van der Waals surface area (Å²) in [5.74, 6) is 0.664. The van der Waals surface area contributed by atoms with Crippen molar-refractivity contribution in [2.45, 2.75) is 6.42 Å². The molecule has 2 aliphatic rings. The van der Waals surface area contributed by atoms with Crippen LogP contribution in [-0.4, -0.2) is 18.5 Å². The number of allylic oxidation sites excluding steroid dienone is 1. The number of hydrogen-bond acceptors (Lipinski definition) is 1. The van der Waals surface area contributed by atoms with Crippen molar-refractivity contribution in [3.05, 3.63) is 53.2 Å². The highest BCUT2D eigenvalue weighted by molar-refractivity contribution is 5.65. The summed E-state index contributed by atoms with van der Waals surface area (Å²) in [6.07, 6.45) is 3.49.